The molecular formula is C29H44N4O2. The van der Waals surface area contributed by atoms with Crippen LogP contribution in [-0.2, 0) is 4.74 Å². The number of carbonyl (C=O) groups excluding carboxylic acids is 1. The van der Waals surface area contributed by atoms with Crippen LogP contribution in [0.1, 0.15) is 65.7 Å². The van der Waals surface area contributed by atoms with Crippen LogP contribution < -0.4 is 11.1 Å². The van der Waals surface area contributed by atoms with Gasteiger partial charge in [0.2, 0.25) is 0 Å². The maximum absolute atomic E-state index is 11.1. The number of nitrogen functional groups attached to an aromatic ring is 1. The SMILES string of the molecule is C/C=C/N1CCC[C@H](C)C1.CC1CCCCC1.COC(=O)Nc1cccc(-c2ccnc(N)c2)c1. The van der Waals surface area contributed by atoms with Gasteiger partial charge < -0.3 is 15.4 Å². The lowest BCUT2D eigenvalue weighted by Crippen LogP contribution is -2.29. The number of nitrogens with two attached hydrogens (primary N) is 1. The Hall–Kier alpha value is -3.02. The first-order valence-corrected chi connectivity index (χ1v) is 12.9. The van der Waals surface area contributed by atoms with Gasteiger partial charge in [-0.1, -0.05) is 64.2 Å². The summed E-state index contributed by atoms with van der Waals surface area (Å²) in [4.78, 5) is 17.5. The van der Waals surface area contributed by atoms with Gasteiger partial charge in [-0.2, -0.15) is 0 Å². The number of nitrogens with zero attached hydrogens (tertiary/aromatic N) is 2. The largest absolute Gasteiger partial charge is 0.453 e. The quantitative estimate of drug-likeness (QED) is 0.480. The number of allylic oxidation sites excluding steroid dienone is 1. The number of benzene rings is 1. The minimum Gasteiger partial charge on any atom is -0.453 e. The molecule has 2 aliphatic rings. The van der Waals surface area contributed by atoms with E-state index in [0.717, 1.165) is 23.0 Å². The third-order valence-electron chi connectivity index (χ3n) is 6.35. The molecule has 4 rings (SSSR count). The molecule has 1 aromatic heterocycles. The molecule has 1 atom stereocenters. The molecule has 1 aliphatic carbocycles. The lowest BCUT2D eigenvalue weighted by molar-refractivity contribution is 0.187. The second-order valence-electron chi connectivity index (χ2n) is 9.63. The summed E-state index contributed by atoms with van der Waals surface area (Å²) in [5, 5.41) is 2.61. The zero-order chi connectivity index (χ0) is 25.5. The highest BCUT2D eigenvalue weighted by atomic mass is 16.5. The Morgan fingerprint density at radius 3 is 2.37 bits per heavy atom. The molecule has 0 bridgehead atoms. The van der Waals surface area contributed by atoms with E-state index in [9.17, 15) is 4.79 Å². The molecule has 192 valence electrons. The van der Waals surface area contributed by atoms with Crippen molar-refractivity contribution in [3.05, 3.63) is 54.9 Å². The van der Waals surface area contributed by atoms with Crippen LogP contribution in [0.2, 0.25) is 0 Å². The number of pyridine rings is 1. The third kappa shape index (κ3) is 11.3. The zero-order valence-electron chi connectivity index (χ0n) is 22.0. The minimum absolute atomic E-state index is 0.457. The molecule has 0 spiro atoms. The third-order valence-corrected chi connectivity index (χ3v) is 6.35. The summed E-state index contributed by atoms with van der Waals surface area (Å²) in [5.74, 6) is 2.39. The van der Waals surface area contributed by atoms with Crippen molar-refractivity contribution in [2.45, 2.75) is 65.7 Å². The van der Waals surface area contributed by atoms with Gasteiger partial charge >= 0.3 is 6.09 Å². The number of hydrogen-bond acceptors (Lipinski definition) is 5. The molecule has 3 N–H and O–H groups in total. The summed E-state index contributed by atoms with van der Waals surface area (Å²) in [5.41, 5.74) is 8.18. The highest BCUT2D eigenvalue weighted by Crippen LogP contribution is 2.24. The Kier molecular flexibility index (Phi) is 12.7. The molecule has 1 saturated heterocycles. The standard InChI is InChI=1S/C13H13N3O2.C9H17N.C7H14/c1-18-13(17)16-11-4-2-3-9(7-11)10-5-6-15-12(14)8-10;1-3-6-10-7-4-5-9(2)8-10;1-7-5-3-2-4-6-7/h2-8H,1H3,(H2,14,15)(H,16,17);3,6,9H,4-5,7-8H2,1-2H3;7H,2-6H2,1H3/b;6-3+;/t;9-;/m.0./s1. The van der Waals surface area contributed by atoms with E-state index in [-0.39, 0.29) is 0 Å². The molecule has 0 unspecified atom stereocenters. The van der Waals surface area contributed by atoms with Gasteiger partial charge in [0.05, 0.1) is 7.11 Å². The Morgan fingerprint density at radius 2 is 1.77 bits per heavy atom. The van der Waals surface area contributed by atoms with E-state index in [4.69, 9.17) is 5.73 Å². The number of ether oxygens (including phenoxy) is 1. The number of nitrogens with one attached hydrogen (secondary N) is 1. The van der Waals surface area contributed by atoms with Gasteiger partial charge in [0.25, 0.3) is 0 Å². The maximum atomic E-state index is 11.1. The van der Waals surface area contributed by atoms with Gasteiger partial charge in [0, 0.05) is 25.0 Å². The van der Waals surface area contributed by atoms with Crippen molar-refractivity contribution in [2.75, 3.05) is 31.2 Å². The molecule has 1 aliphatic heterocycles. The number of hydrogen-bond donors (Lipinski definition) is 2. The monoisotopic (exact) mass is 480 g/mol. The summed E-state index contributed by atoms with van der Waals surface area (Å²) < 4.78 is 4.54. The van der Waals surface area contributed by atoms with E-state index in [1.807, 2.05) is 24.3 Å². The highest BCUT2D eigenvalue weighted by Gasteiger charge is 2.12. The number of aromatic nitrogens is 1. The lowest BCUT2D eigenvalue weighted by Gasteiger charge is -2.29. The van der Waals surface area contributed by atoms with Crippen LogP contribution in [0.25, 0.3) is 11.1 Å². The van der Waals surface area contributed by atoms with Crippen LogP contribution in [0.3, 0.4) is 0 Å². The molecule has 35 heavy (non-hydrogen) atoms. The number of amides is 1. The number of carbonyl (C=O) groups is 1. The summed E-state index contributed by atoms with van der Waals surface area (Å²) in [6, 6.07) is 11.0. The van der Waals surface area contributed by atoms with E-state index in [0.29, 0.717) is 11.5 Å². The summed E-state index contributed by atoms with van der Waals surface area (Å²) in [7, 11) is 1.32. The van der Waals surface area contributed by atoms with Crippen LogP contribution in [0.5, 0.6) is 0 Å². The Morgan fingerprint density at radius 1 is 1.06 bits per heavy atom. The van der Waals surface area contributed by atoms with Crippen LogP contribution in [0.4, 0.5) is 16.3 Å². The number of methoxy groups -OCH3 is 1. The molecule has 0 radical (unpaired) electrons. The number of piperidine rings is 1. The van der Waals surface area contributed by atoms with Crippen molar-refractivity contribution in [3.63, 3.8) is 0 Å². The molecule has 2 fully saturated rings. The van der Waals surface area contributed by atoms with Gasteiger partial charge in [-0.15, -0.1) is 0 Å². The first kappa shape index (κ1) is 28.2. The average molecular weight is 481 g/mol. The average Bonchev–Trinajstić information content (AvgIpc) is 2.86. The Bertz CT molecular complexity index is 909. The number of rotatable bonds is 3. The van der Waals surface area contributed by atoms with Crippen LogP contribution in [-0.4, -0.2) is 36.2 Å². The van der Waals surface area contributed by atoms with E-state index in [1.54, 1.807) is 18.3 Å². The van der Waals surface area contributed by atoms with Crippen molar-refractivity contribution in [1.29, 1.82) is 0 Å². The Balaban J connectivity index is 0.000000212. The predicted molar refractivity (Wildman–Crippen MR) is 147 cm³/mol. The molecular weight excluding hydrogens is 436 g/mol. The van der Waals surface area contributed by atoms with Gasteiger partial charge in [-0.3, -0.25) is 5.32 Å². The smallest absolute Gasteiger partial charge is 0.411 e. The first-order valence-electron chi connectivity index (χ1n) is 12.9. The topological polar surface area (TPSA) is 80.5 Å². The fourth-order valence-electron chi connectivity index (χ4n) is 4.45. The highest BCUT2D eigenvalue weighted by molar-refractivity contribution is 5.85. The van der Waals surface area contributed by atoms with Gasteiger partial charge in [0.1, 0.15) is 5.82 Å². The van der Waals surface area contributed by atoms with Crippen molar-refractivity contribution in [2.24, 2.45) is 11.8 Å². The number of likely N-dealkylation sites (tertiary alicyclic amines) is 1. The van der Waals surface area contributed by atoms with Gasteiger partial charge in [-0.25, -0.2) is 9.78 Å². The summed E-state index contributed by atoms with van der Waals surface area (Å²) in [6.45, 7) is 9.28. The molecule has 2 heterocycles. The summed E-state index contributed by atoms with van der Waals surface area (Å²) >= 11 is 0. The second kappa shape index (κ2) is 15.8. The van der Waals surface area contributed by atoms with Crippen molar-refractivity contribution < 1.29 is 9.53 Å². The van der Waals surface area contributed by atoms with Crippen molar-refractivity contribution in [1.82, 2.24) is 9.88 Å². The molecule has 6 heteroatoms. The molecule has 1 amide bonds. The fraction of sp³-hybridized carbons (Fsp3) is 0.517. The van der Waals surface area contributed by atoms with E-state index in [2.05, 4.69) is 53.0 Å². The number of anilines is 2. The predicted octanol–water partition coefficient (Wildman–Crippen LogP) is 7.35. The van der Waals surface area contributed by atoms with Gasteiger partial charge in [0.15, 0.2) is 0 Å². The van der Waals surface area contributed by atoms with Crippen LogP contribution in [0, 0.1) is 11.8 Å². The van der Waals surface area contributed by atoms with Crippen molar-refractivity contribution >= 4 is 17.6 Å². The first-order chi connectivity index (χ1) is 16.9. The zero-order valence-corrected chi connectivity index (χ0v) is 22.0. The second-order valence-corrected chi connectivity index (χ2v) is 9.63. The molecule has 6 nitrogen and oxygen atoms in total. The lowest BCUT2D eigenvalue weighted by atomic mass is 9.91. The molecule has 1 saturated carbocycles. The van der Waals surface area contributed by atoms with E-state index >= 15 is 0 Å². The normalized spacial score (nSPS) is 18.1. The minimum atomic E-state index is -0.499. The van der Waals surface area contributed by atoms with E-state index < -0.39 is 6.09 Å². The van der Waals surface area contributed by atoms with Gasteiger partial charge in [-0.05, 0) is 73.2 Å². The van der Waals surface area contributed by atoms with E-state index in [1.165, 1.54) is 65.1 Å². The Labute approximate surface area is 212 Å². The van der Waals surface area contributed by atoms with Crippen LogP contribution in [0.15, 0.2) is 54.9 Å². The van der Waals surface area contributed by atoms with Crippen molar-refractivity contribution in [3.8, 4) is 11.1 Å². The summed E-state index contributed by atoms with van der Waals surface area (Å²) in [6.07, 6.45) is 15.7. The maximum Gasteiger partial charge on any atom is 0.411 e. The van der Waals surface area contributed by atoms with Crippen LogP contribution >= 0.6 is 0 Å². The molecule has 2 aromatic rings. The molecule has 1 aromatic carbocycles. The fourth-order valence-corrected chi connectivity index (χ4v) is 4.45.